The molecule has 0 spiro atoms. The second-order valence-corrected chi connectivity index (χ2v) is 4.55. The molecule has 0 fully saturated rings. The lowest BCUT2D eigenvalue weighted by molar-refractivity contribution is 0.275. The molecule has 0 amide bonds. The molecular weight excluding hydrogens is 220 g/mol. The summed E-state index contributed by atoms with van der Waals surface area (Å²) in [7, 11) is 0. The van der Waals surface area contributed by atoms with Gasteiger partial charge in [-0.1, -0.05) is 31.9 Å². The van der Waals surface area contributed by atoms with Crippen molar-refractivity contribution in [1.29, 1.82) is 0 Å². The summed E-state index contributed by atoms with van der Waals surface area (Å²) in [5.74, 6) is 0. The van der Waals surface area contributed by atoms with Crippen LogP contribution in [-0.2, 0) is 6.54 Å². The van der Waals surface area contributed by atoms with Crippen molar-refractivity contribution >= 4 is 17.3 Å². The molecule has 1 aromatic rings. The third-order valence-electron chi connectivity index (χ3n) is 2.66. The molecule has 0 atom stereocenters. The highest BCUT2D eigenvalue weighted by atomic mass is 35.5. The van der Waals surface area contributed by atoms with Gasteiger partial charge in [0.05, 0.1) is 0 Å². The summed E-state index contributed by atoms with van der Waals surface area (Å²) in [5, 5.41) is 0.724. The quantitative estimate of drug-likeness (QED) is 0.771. The number of benzene rings is 1. The molecule has 0 radical (unpaired) electrons. The van der Waals surface area contributed by atoms with Gasteiger partial charge >= 0.3 is 0 Å². The van der Waals surface area contributed by atoms with Crippen LogP contribution in [0.1, 0.15) is 32.3 Å². The number of rotatable bonds is 6. The van der Waals surface area contributed by atoms with Crippen molar-refractivity contribution in [3.05, 3.63) is 28.8 Å². The second-order valence-electron chi connectivity index (χ2n) is 4.12. The van der Waals surface area contributed by atoms with E-state index in [-0.39, 0.29) is 0 Å². The molecule has 2 nitrogen and oxygen atoms in total. The molecule has 0 aliphatic heterocycles. The van der Waals surface area contributed by atoms with Crippen LogP contribution in [0, 0.1) is 0 Å². The van der Waals surface area contributed by atoms with Crippen molar-refractivity contribution in [2.24, 2.45) is 0 Å². The van der Waals surface area contributed by atoms with E-state index in [4.69, 9.17) is 17.3 Å². The first-order valence-electron chi connectivity index (χ1n) is 5.93. The van der Waals surface area contributed by atoms with Gasteiger partial charge in [0.15, 0.2) is 0 Å². The van der Waals surface area contributed by atoms with Gasteiger partial charge in [-0.05, 0) is 43.3 Å². The molecule has 16 heavy (non-hydrogen) atoms. The van der Waals surface area contributed by atoms with Crippen molar-refractivity contribution in [2.45, 2.75) is 33.2 Å². The molecule has 90 valence electrons. The van der Waals surface area contributed by atoms with Gasteiger partial charge in [-0.15, -0.1) is 0 Å². The molecule has 0 aliphatic carbocycles. The van der Waals surface area contributed by atoms with Crippen LogP contribution in [0.15, 0.2) is 18.2 Å². The van der Waals surface area contributed by atoms with Crippen molar-refractivity contribution in [2.75, 3.05) is 18.8 Å². The van der Waals surface area contributed by atoms with Crippen molar-refractivity contribution in [3.63, 3.8) is 0 Å². The molecular formula is C13H21ClN2. The Kier molecular flexibility index (Phi) is 5.64. The molecule has 0 saturated heterocycles. The van der Waals surface area contributed by atoms with E-state index in [0.717, 1.165) is 30.3 Å². The molecule has 0 saturated carbocycles. The lowest BCUT2D eigenvalue weighted by atomic mass is 10.2. The fourth-order valence-electron chi connectivity index (χ4n) is 1.76. The van der Waals surface area contributed by atoms with E-state index < -0.39 is 0 Å². The zero-order valence-electron chi connectivity index (χ0n) is 10.2. The fourth-order valence-corrected chi connectivity index (χ4v) is 2.02. The Morgan fingerprint density at radius 3 is 2.56 bits per heavy atom. The average Bonchev–Trinajstić information content (AvgIpc) is 2.22. The number of nitrogens with zero attached hydrogens (tertiary/aromatic N) is 1. The maximum absolute atomic E-state index is 5.98. The van der Waals surface area contributed by atoms with Crippen molar-refractivity contribution in [1.82, 2.24) is 4.90 Å². The normalized spacial score (nSPS) is 11.0. The summed E-state index contributed by atoms with van der Waals surface area (Å²) in [5.41, 5.74) is 7.72. The zero-order chi connectivity index (χ0) is 12.0. The molecule has 0 aliphatic rings. The largest absolute Gasteiger partial charge is 0.399 e. The maximum atomic E-state index is 5.98. The lowest BCUT2D eigenvalue weighted by Crippen LogP contribution is -2.23. The Bertz CT molecular complexity index is 305. The number of halogens is 1. The number of hydrogen-bond donors (Lipinski definition) is 1. The van der Waals surface area contributed by atoms with Gasteiger partial charge in [0.2, 0.25) is 0 Å². The van der Waals surface area contributed by atoms with E-state index in [1.165, 1.54) is 18.4 Å². The molecule has 0 unspecified atom stereocenters. The highest BCUT2D eigenvalue weighted by molar-refractivity contribution is 6.30. The van der Waals surface area contributed by atoms with Crippen LogP contribution in [0.2, 0.25) is 5.02 Å². The van der Waals surface area contributed by atoms with E-state index in [9.17, 15) is 0 Å². The molecule has 0 aromatic heterocycles. The summed E-state index contributed by atoms with van der Waals surface area (Å²) in [6.45, 7) is 7.53. The van der Waals surface area contributed by atoms with Gasteiger partial charge in [-0.25, -0.2) is 0 Å². The number of hydrogen-bond acceptors (Lipinski definition) is 2. The predicted octanol–water partition coefficient (Wildman–Crippen LogP) is 3.54. The second kappa shape index (κ2) is 6.77. The Morgan fingerprint density at radius 2 is 2.00 bits per heavy atom. The van der Waals surface area contributed by atoms with Crippen LogP contribution in [0.4, 0.5) is 5.69 Å². The van der Waals surface area contributed by atoms with Crippen molar-refractivity contribution in [3.8, 4) is 0 Å². The van der Waals surface area contributed by atoms with Gasteiger partial charge in [-0.2, -0.15) is 0 Å². The smallest absolute Gasteiger partial charge is 0.0429 e. The van der Waals surface area contributed by atoms with E-state index in [1.807, 2.05) is 12.1 Å². The summed E-state index contributed by atoms with van der Waals surface area (Å²) in [6, 6.07) is 5.78. The van der Waals surface area contributed by atoms with Gasteiger partial charge in [0, 0.05) is 17.3 Å². The van der Waals surface area contributed by atoms with Crippen LogP contribution in [0.25, 0.3) is 0 Å². The monoisotopic (exact) mass is 240 g/mol. The summed E-state index contributed by atoms with van der Waals surface area (Å²) in [4.78, 5) is 2.41. The van der Waals surface area contributed by atoms with Crippen molar-refractivity contribution < 1.29 is 0 Å². The zero-order valence-corrected chi connectivity index (χ0v) is 10.9. The van der Waals surface area contributed by atoms with Crippen LogP contribution < -0.4 is 5.73 Å². The van der Waals surface area contributed by atoms with Crippen LogP contribution >= 0.6 is 11.6 Å². The van der Waals surface area contributed by atoms with Gasteiger partial charge in [-0.3, -0.25) is 4.90 Å². The molecule has 0 heterocycles. The van der Waals surface area contributed by atoms with Crippen LogP contribution in [0.3, 0.4) is 0 Å². The molecule has 0 bridgehead atoms. The van der Waals surface area contributed by atoms with E-state index in [1.54, 1.807) is 6.07 Å². The lowest BCUT2D eigenvalue weighted by Gasteiger charge is -2.20. The molecule has 1 aromatic carbocycles. The summed E-state index contributed by atoms with van der Waals surface area (Å²) >= 11 is 5.98. The third-order valence-corrected chi connectivity index (χ3v) is 2.88. The summed E-state index contributed by atoms with van der Waals surface area (Å²) < 4.78 is 0. The number of anilines is 1. The third kappa shape index (κ3) is 4.42. The van der Waals surface area contributed by atoms with Crippen LogP contribution in [0.5, 0.6) is 0 Å². The maximum Gasteiger partial charge on any atom is 0.0429 e. The number of nitrogen functional groups attached to an aromatic ring is 1. The van der Waals surface area contributed by atoms with Gasteiger partial charge < -0.3 is 5.73 Å². The summed E-state index contributed by atoms with van der Waals surface area (Å²) in [6.07, 6.45) is 2.47. The Morgan fingerprint density at radius 1 is 1.25 bits per heavy atom. The minimum atomic E-state index is 0.724. The highest BCUT2D eigenvalue weighted by Gasteiger charge is 2.04. The predicted molar refractivity (Wildman–Crippen MR) is 71.7 cm³/mol. The number of unbranched alkanes of at least 4 members (excludes halogenated alkanes) is 1. The minimum Gasteiger partial charge on any atom is -0.399 e. The van der Waals surface area contributed by atoms with Crippen LogP contribution in [-0.4, -0.2) is 18.0 Å². The van der Waals surface area contributed by atoms with Gasteiger partial charge in [0.25, 0.3) is 0 Å². The fraction of sp³-hybridized carbons (Fsp3) is 0.538. The number of nitrogens with two attached hydrogens (primary N) is 1. The van der Waals surface area contributed by atoms with E-state index >= 15 is 0 Å². The van der Waals surface area contributed by atoms with E-state index in [0.29, 0.717) is 0 Å². The molecule has 2 N–H and O–H groups in total. The molecule has 1 rings (SSSR count). The Labute approximate surface area is 103 Å². The molecule has 3 heteroatoms. The SMILES string of the molecule is CCCCN(CC)Cc1cc(N)cc(Cl)c1. The van der Waals surface area contributed by atoms with Gasteiger partial charge in [0.1, 0.15) is 0 Å². The average molecular weight is 241 g/mol. The Hall–Kier alpha value is -0.730. The standard InChI is InChI=1S/C13H21ClN2/c1-3-5-6-16(4-2)10-11-7-12(14)9-13(15)8-11/h7-9H,3-6,10,15H2,1-2H3. The first-order valence-corrected chi connectivity index (χ1v) is 6.30. The first kappa shape index (κ1) is 13.3. The minimum absolute atomic E-state index is 0.724. The Balaban J connectivity index is 2.62. The first-order chi connectivity index (χ1) is 7.65. The van der Waals surface area contributed by atoms with E-state index in [2.05, 4.69) is 18.7 Å². The highest BCUT2D eigenvalue weighted by Crippen LogP contribution is 2.18. The topological polar surface area (TPSA) is 29.3 Å².